The van der Waals surface area contributed by atoms with Gasteiger partial charge in [0.2, 0.25) is 5.88 Å². The maximum atomic E-state index is 13.1. The lowest BCUT2D eigenvalue weighted by Crippen LogP contribution is -1.88. The fraction of sp³-hybridized carbons (Fsp3) is 0.154. The highest BCUT2D eigenvalue weighted by Gasteiger charge is 2.02. The number of nitrogens with zero attached hydrogens (tertiary/aromatic N) is 1. The first kappa shape index (κ1) is 10.6. The molecule has 0 amide bonds. The second kappa shape index (κ2) is 4.31. The molecular formula is C13H12FNO. The predicted octanol–water partition coefficient (Wildman–Crippen LogP) is 3.20. The number of hydrogen-bond acceptors (Lipinski definition) is 2. The van der Waals surface area contributed by atoms with E-state index in [0.29, 0.717) is 11.4 Å². The number of aryl methyl sites for hydroxylation is 1. The Bertz CT molecular complexity index is 494. The van der Waals surface area contributed by atoms with E-state index in [1.807, 2.05) is 6.07 Å². The normalized spacial score (nSPS) is 10.2. The van der Waals surface area contributed by atoms with E-state index in [2.05, 4.69) is 4.98 Å². The zero-order chi connectivity index (χ0) is 11.5. The fourth-order valence-electron chi connectivity index (χ4n) is 1.50. The Labute approximate surface area is 93.7 Å². The minimum Gasteiger partial charge on any atom is -0.481 e. The first-order valence-electron chi connectivity index (χ1n) is 4.97. The van der Waals surface area contributed by atoms with Crippen molar-refractivity contribution in [2.45, 2.75) is 6.92 Å². The summed E-state index contributed by atoms with van der Waals surface area (Å²) in [7, 11) is 1.57. The smallest absolute Gasteiger partial charge is 0.212 e. The van der Waals surface area contributed by atoms with Gasteiger partial charge in [-0.1, -0.05) is 6.07 Å². The maximum absolute atomic E-state index is 13.1. The van der Waals surface area contributed by atoms with Gasteiger partial charge in [0.05, 0.1) is 7.11 Å². The van der Waals surface area contributed by atoms with Gasteiger partial charge < -0.3 is 4.74 Å². The van der Waals surface area contributed by atoms with Crippen molar-refractivity contribution in [3.8, 4) is 17.0 Å². The average Bonchev–Trinajstić information content (AvgIpc) is 2.33. The van der Waals surface area contributed by atoms with Gasteiger partial charge in [-0.05, 0) is 36.2 Å². The summed E-state index contributed by atoms with van der Waals surface area (Å²) in [6.07, 6.45) is 1.71. The number of benzene rings is 1. The molecule has 0 bridgehead atoms. The number of methoxy groups -OCH3 is 1. The molecule has 0 fully saturated rings. The summed E-state index contributed by atoms with van der Waals surface area (Å²) in [6, 6.07) is 8.70. The van der Waals surface area contributed by atoms with Crippen LogP contribution >= 0.6 is 0 Å². The van der Waals surface area contributed by atoms with E-state index in [4.69, 9.17) is 4.74 Å². The second-order valence-electron chi connectivity index (χ2n) is 3.55. The summed E-state index contributed by atoms with van der Waals surface area (Å²) in [4.78, 5) is 4.11. The monoisotopic (exact) mass is 217 g/mol. The lowest BCUT2D eigenvalue weighted by atomic mass is 10.1. The SMILES string of the molecule is COc1ccc(-c2ccc(F)c(C)c2)cn1. The Morgan fingerprint density at radius 2 is 1.88 bits per heavy atom. The summed E-state index contributed by atoms with van der Waals surface area (Å²) in [5, 5.41) is 0. The Kier molecular flexibility index (Phi) is 2.86. The Hall–Kier alpha value is -1.90. The van der Waals surface area contributed by atoms with Crippen LogP contribution in [0.5, 0.6) is 5.88 Å². The van der Waals surface area contributed by atoms with Gasteiger partial charge in [0.15, 0.2) is 0 Å². The van der Waals surface area contributed by atoms with Crippen molar-refractivity contribution in [1.29, 1.82) is 0 Å². The largest absolute Gasteiger partial charge is 0.481 e. The highest BCUT2D eigenvalue weighted by molar-refractivity contribution is 5.63. The molecule has 0 aliphatic rings. The number of hydrogen-bond donors (Lipinski definition) is 0. The van der Waals surface area contributed by atoms with E-state index in [9.17, 15) is 4.39 Å². The van der Waals surface area contributed by atoms with E-state index >= 15 is 0 Å². The van der Waals surface area contributed by atoms with Crippen molar-refractivity contribution < 1.29 is 9.13 Å². The molecule has 0 aliphatic carbocycles. The first-order chi connectivity index (χ1) is 7.70. The van der Waals surface area contributed by atoms with Crippen molar-refractivity contribution in [3.63, 3.8) is 0 Å². The Morgan fingerprint density at radius 1 is 1.12 bits per heavy atom. The lowest BCUT2D eigenvalue weighted by molar-refractivity contribution is 0.398. The zero-order valence-corrected chi connectivity index (χ0v) is 9.20. The third kappa shape index (κ3) is 2.03. The van der Waals surface area contributed by atoms with Gasteiger partial charge in [-0.3, -0.25) is 0 Å². The number of rotatable bonds is 2. The molecule has 0 atom stereocenters. The van der Waals surface area contributed by atoms with Crippen LogP contribution in [0.3, 0.4) is 0 Å². The second-order valence-corrected chi connectivity index (χ2v) is 3.55. The summed E-state index contributed by atoms with van der Waals surface area (Å²) in [5.41, 5.74) is 2.53. The predicted molar refractivity (Wildman–Crippen MR) is 60.9 cm³/mol. The van der Waals surface area contributed by atoms with Crippen LogP contribution in [0.15, 0.2) is 36.5 Å². The lowest BCUT2D eigenvalue weighted by Gasteiger charge is -2.04. The number of ether oxygens (including phenoxy) is 1. The minimum absolute atomic E-state index is 0.190. The van der Waals surface area contributed by atoms with Crippen LogP contribution in [0.2, 0.25) is 0 Å². The number of aromatic nitrogens is 1. The number of pyridine rings is 1. The molecule has 2 nitrogen and oxygen atoms in total. The summed E-state index contributed by atoms with van der Waals surface area (Å²) < 4.78 is 18.1. The van der Waals surface area contributed by atoms with Crippen LogP contribution in [0.4, 0.5) is 4.39 Å². The van der Waals surface area contributed by atoms with Crippen LogP contribution in [0, 0.1) is 12.7 Å². The van der Waals surface area contributed by atoms with Crippen molar-refractivity contribution in [2.24, 2.45) is 0 Å². The molecule has 3 heteroatoms. The van der Waals surface area contributed by atoms with Crippen LogP contribution in [-0.2, 0) is 0 Å². The van der Waals surface area contributed by atoms with Crippen molar-refractivity contribution >= 4 is 0 Å². The Balaban J connectivity index is 2.38. The van der Waals surface area contributed by atoms with Gasteiger partial charge in [-0.15, -0.1) is 0 Å². The van der Waals surface area contributed by atoms with Crippen molar-refractivity contribution in [3.05, 3.63) is 47.9 Å². The molecular weight excluding hydrogens is 205 g/mol. The fourth-order valence-corrected chi connectivity index (χ4v) is 1.50. The van der Waals surface area contributed by atoms with E-state index in [0.717, 1.165) is 11.1 Å². The van der Waals surface area contributed by atoms with Crippen LogP contribution in [-0.4, -0.2) is 12.1 Å². The van der Waals surface area contributed by atoms with E-state index < -0.39 is 0 Å². The molecule has 1 aromatic heterocycles. The molecule has 1 heterocycles. The molecule has 2 aromatic rings. The third-order valence-electron chi connectivity index (χ3n) is 2.44. The highest BCUT2D eigenvalue weighted by Crippen LogP contribution is 2.22. The van der Waals surface area contributed by atoms with Gasteiger partial charge in [0.1, 0.15) is 5.82 Å². The standard InChI is InChI=1S/C13H12FNO/c1-9-7-10(3-5-12(9)14)11-4-6-13(16-2)15-8-11/h3-8H,1-2H3. The molecule has 0 N–H and O–H groups in total. The molecule has 1 aromatic carbocycles. The van der Waals surface area contributed by atoms with Crippen LogP contribution in [0.1, 0.15) is 5.56 Å². The van der Waals surface area contributed by atoms with Gasteiger partial charge >= 0.3 is 0 Å². The molecule has 0 aliphatic heterocycles. The highest BCUT2D eigenvalue weighted by atomic mass is 19.1. The Morgan fingerprint density at radius 3 is 2.44 bits per heavy atom. The maximum Gasteiger partial charge on any atom is 0.212 e. The zero-order valence-electron chi connectivity index (χ0n) is 9.20. The molecule has 0 unspecified atom stereocenters. The summed E-state index contributed by atoms with van der Waals surface area (Å²) >= 11 is 0. The number of halogens is 1. The molecule has 0 radical (unpaired) electrons. The molecule has 82 valence electrons. The molecule has 2 rings (SSSR count). The van der Waals surface area contributed by atoms with E-state index in [-0.39, 0.29) is 5.82 Å². The molecule has 16 heavy (non-hydrogen) atoms. The third-order valence-corrected chi connectivity index (χ3v) is 2.44. The topological polar surface area (TPSA) is 22.1 Å². The quantitative estimate of drug-likeness (QED) is 0.770. The summed E-state index contributed by atoms with van der Waals surface area (Å²) in [5.74, 6) is 0.382. The average molecular weight is 217 g/mol. The van der Waals surface area contributed by atoms with Crippen LogP contribution < -0.4 is 4.74 Å². The van der Waals surface area contributed by atoms with E-state index in [1.54, 1.807) is 38.4 Å². The van der Waals surface area contributed by atoms with E-state index in [1.165, 1.54) is 6.07 Å². The van der Waals surface area contributed by atoms with Gasteiger partial charge in [0, 0.05) is 17.8 Å². The van der Waals surface area contributed by atoms with Gasteiger partial charge in [-0.2, -0.15) is 0 Å². The molecule has 0 saturated carbocycles. The minimum atomic E-state index is -0.190. The van der Waals surface area contributed by atoms with Gasteiger partial charge in [0.25, 0.3) is 0 Å². The molecule has 0 spiro atoms. The molecule has 0 saturated heterocycles. The van der Waals surface area contributed by atoms with Gasteiger partial charge in [-0.25, -0.2) is 9.37 Å². The van der Waals surface area contributed by atoms with Crippen molar-refractivity contribution in [2.75, 3.05) is 7.11 Å². The summed E-state index contributed by atoms with van der Waals surface area (Å²) in [6.45, 7) is 1.75. The van der Waals surface area contributed by atoms with Crippen molar-refractivity contribution in [1.82, 2.24) is 4.98 Å². The first-order valence-corrected chi connectivity index (χ1v) is 4.97. The van der Waals surface area contributed by atoms with Crippen LogP contribution in [0.25, 0.3) is 11.1 Å².